The van der Waals surface area contributed by atoms with Crippen LogP contribution in [0.3, 0.4) is 0 Å². The summed E-state index contributed by atoms with van der Waals surface area (Å²) in [4.78, 5) is 0. The van der Waals surface area contributed by atoms with Crippen molar-refractivity contribution in [3.05, 3.63) is 0 Å². The minimum atomic E-state index is -0.208. The lowest BCUT2D eigenvalue weighted by atomic mass is 10.1. The van der Waals surface area contributed by atoms with Gasteiger partial charge in [-0.2, -0.15) is 5.26 Å². The number of nitrogens with zero attached hydrogens (tertiary/aromatic N) is 1. The Labute approximate surface area is 92.6 Å². The molecule has 0 amide bonds. The summed E-state index contributed by atoms with van der Waals surface area (Å²) in [6, 6.07) is 1.94. The van der Waals surface area contributed by atoms with Crippen molar-refractivity contribution in [1.82, 2.24) is 5.32 Å². The summed E-state index contributed by atoms with van der Waals surface area (Å²) in [5.74, 6) is 0. The Morgan fingerprint density at radius 3 is 2.60 bits per heavy atom. The molecular weight excluding hydrogens is 192 g/mol. The van der Waals surface area contributed by atoms with Gasteiger partial charge in [0.1, 0.15) is 6.04 Å². The molecule has 0 fully saturated rings. The molecule has 1 unspecified atom stereocenters. The number of nitrogens with one attached hydrogen (secondary N) is 1. The molecule has 0 aliphatic heterocycles. The van der Waals surface area contributed by atoms with Crippen LogP contribution in [0.4, 0.5) is 0 Å². The number of hydrogen-bond acceptors (Lipinski definition) is 4. The molecule has 4 nitrogen and oxygen atoms in total. The number of ether oxygens (including phenoxy) is 2. The topological polar surface area (TPSA) is 54.3 Å². The Morgan fingerprint density at radius 1 is 1.47 bits per heavy atom. The first kappa shape index (κ1) is 14.4. The Balaban J connectivity index is 3.57. The minimum Gasteiger partial charge on any atom is -0.379 e. The smallest absolute Gasteiger partial charge is 0.119 e. The van der Waals surface area contributed by atoms with E-state index in [1.54, 1.807) is 7.11 Å². The van der Waals surface area contributed by atoms with Crippen molar-refractivity contribution in [2.75, 3.05) is 26.9 Å². The van der Waals surface area contributed by atoms with E-state index < -0.39 is 0 Å². The maximum Gasteiger partial charge on any atom is 0.119 e. The van der Waals surface area contributed by atoms with E-state index in [-0.39, 0.29) is 11.6 Å². The van der Waals surface area contributed by atoms with Gasteiger partial charge in [-0.25, -0.2) is 0 Å². The molecule has 0 saturated carbocycles. The van der Waals surface area contributed by atoms with Gasteiger partial charge < -0.3 is 14.8 Å². The van der Waals surface area contributed by atoms with E-state index in [9.17, 15) is 0 Å². The van der Waals surface area contributed by atoms with E-state index in [1.807, 2.05) is 20.8 Å². The van der Waals surface area contributed by atoms with Crippen LogP contribution in [0.15, 0.2) is 0 Å². The third kappa shape index (κ3) is 7.32. The summed E-state index contributed by atoms with van der Waals surface area (Å²) < 4.78 is 10.7. The van der Waals surface area contributed by atoms with E-state index in [0.29, 0.717) is 13.2 Å². The zero-order valence-electron chi connectivity index (χ0n) is 10.2. The normalized spacial score (nSPS) is 13.5. The van der Waals surface area contributed by atoms with Gasteiger partial charge in [-0.05, 0) is 26.8 Å². The molecule has 0 heterocycles. The molecular formula is C11H22N2O2. The van der Waals surface area contributed by atoms with Gasteiger partial charge in [0.2, 0.25) is 0 Å². The first-order valence-electron chi connectivity index (χ1n) is 5.31. The summed E-state index contributed by atoms with van der Waals surface area (Å²) in [7, 11) is 1.69. The average Bonchev–Trinajstić information content (AvgIpc) is 2.22. The maximum atomic E-state index is 8.75. The first-order valence-corrected chi connectivity index (χ1v) is 5.31. The van der Waals surface area contributed by atoms with Gasteiger partial charge in [0, 0.05) is 13.7 Å². The monoisotopic (exact) mass is 214 g/mol. The van der Waals surface area contributed by atoms with E-state index in [2.05, 4.69) is 11.4 Å². The highest BCUT2D eigenvalue weighted by Crippen LogP contribution is 2.12. The molecule has 0 rings (SSSR count). The lowest BCUT2D eigenvalue weighted by molar-refractivity contribution is -0.0108. The fraction of sp³-hybridized carbons (Fsp3) is 0.909. The number of rotatable bonds is 8. The van der Waals surface area contributed by atoms with Crippen LogP contribution < -0.4 is 5.32 Å². The number of methoxy groups -OCH3 is 1. The Kier molecular flexibility index (Phi) is 7.31. The predicted molar refractivity (Wildman–Crippen MR) is 59.6 cm³/mol. The van der Waals surface area contributed by atoms with Crippen molar-refractivity contribution in [3.63, 3.8) is 0 Å². The molecule has 0 bridgehead atoms. The lowest BCUT2D eigenvalue weighted by Crippen LogP contribution is -2.33. The van der Waals surface area contributed by atoms with Crippen LogP contribution in [0, 0.1) is 11.3 Å². The third-order valence-corrected chi connectivity index (χ3v) is 2.29. The summed E-state index contributed by atoms with van der Waals surface area (Å²) in [6.07, 6.45) is 0.827. The van der Waals surface area contributed by atoms with E-state index in [0.717, 1.165) is 13.0 Å². The molecule has 0 spiro atoms. The van der Waals surface area contributed by atoms with Gasteiger partial charge in [-0.1, -0.05) is 6.92 Å². The molecule has 1 atom stereocenters. The summed E-state index contributed by atoms with van der Waals surface area (Å²) >= 11 is 0. The van der Waals surface area contributed by atoms with Gasteiger partial charge in [0.25, 0.3) is 0 Å². The van der Waals surface area contributed by atoms with Crippen molar-refractivity contribution >= 4 is 0 Å². The van der Waals surface area contributed by atoms with Gasteiger partial charge >= 0.3 is 0 Å². The van der Waals surface area contributed by atoms with Crippen molar-refractivity contribution in [2.45, 2.75) is 38.8 Å². The summed E-state index contributed by atoms with van der Waals surface area (Å²) in [5.41, 5.74) is -0.152. The molecule has 0 aliphatic rings. The lowest BCUT2D eigenvalue weighted by Gasteiger charge is -2.22. The molecule has 0 aliphatic carbocycles. The number of likely N-dealkylation sites (N-methyl/N-ethyl adjacent to an activating group) is 1. The Morgan fingerprint density at radius 2 is 2.13 bits per heavy atom. The van der Waals surface area contributed by atoms with Gasteiger partial charge in [0.15, 0.2) is 0 Å². The first-order chi connectivity index (χ1) is 7.05. The van der Waals surface area contributed by atoms with Gasteiger partial charge in [0.05, 0.1) is 18.3 Å². The van der Waals surface area contributed by atoms with Crippen LogP contribution >= 0.6 is 0 Å². The number of nitriles is 1. The van der Waals surface area contributed by atoms with Gasteiger partial charge in [-0.15, -0.1) is 0 Å². The van der Waals surface area contributed by atoms with Crippen molar-refractivity contribution in [2.24, 2.45) is 0 Å². The minimum absolute atomic E-state index is 0.152. The zero-order chi connectivity index (χ0) is 11.7. The largest absolute Gasteiger partial charge is 0.379 e. The van der Waals surface area contributed by atoms with Gasteiger partial charge in [-0.3, -0.25) is 0 Å². The van der Waals surface area contributed by atoms with Crippen molar-refractivity contribution in [3.8, 4) is 6.07 Å². The highest BCUT2D eigenvalue weighted by atomic mass is 16.5. The molecule has 4 heteroatoms. The highest BCUT2D eigenvalue weighted by Gasteiger charge is 2.16. The van der Waals surface area contributed by atoms with Crippen LogP contribution in [-0.4, -0.2) is 38.5 Å². The fourth-order valence-corrected chi connectivity index (χ4v) is 1.01. The molecule has 0 aromatic heterocycles. The maximum absolute atomic E-state index is 8.75. The fourth-order valence-electron chi connectivity index (χ4n) is 1.01. The molecule has 1 N–H and O–H groups in total. The third-order valence-electron chi connectivity index (χ3n) is 2.29. The molecule has 88 valence electrons. The molecule has 0 aromatic carbocycles. The van der Waals surface area contributed by atoms with Crippen LogP contribution in [-0.2, 0) is 9.47 Å². The highest BCUT2D eigenvalue weighted by molar-refractivity contribution is 4.89. The van der Waals surface area contributed by atoms with Crippen LogP contribution in [0.25, 0.3) is 0 Å². The second-order valence-electron chi connectivity index (χ2n) is 4.03. The van der Waals surface area contributed by atoms with E-state index in [1.165, 1.54) is 0 Å². The molecule has 15 heavy (non-hydrogen) atoms. The Bertz CT molecular complexity index is 199. The molecule has 0 radical (unpaired) electrons. The zero-order valence-corrected chi connectivity index (χ0v) is 10.2. The van der Waals surface area contributed by atoms with E-state index in [4.69, 9.17) is 14.7 Å². The summed E-state index contributed by atoms with van der Waals surface area (Å²) in [6.45, 7) is 7.84. The van der Waals surface area contributed by atoms with Crippen molar-refractivity contribution in [1.29, 1.82) is 5.26 Å². The quantitative estimate of drug-likeness (QED) is 0.619. The Hall–Kier alpha value is -0.630. The van der Waals surface area contributed by atoms with E-state index >= 15 is 0 Å². The van der Waals surface area contributed by atoms with Crippen molar-refractivity contribution < 1.29 is 9.47 Å². The molecule has 0 saturated heterocycles. The second-order valence-corrected chi connectivity index (χ2v) is 4.03. The molecule has 0 aromatic rings. The summed E-state index contributed by atoms with van der Waals surface area (Å²) in [5, 5.41) is 11.8. The van der Waals surface area contributed by atoms with Crippen LogP contribution in [0.2, 0.25) is 0 Å². The second kappa shape index (κ2) is 7.63. The van der Waals surface area contributed by atoms with Crippen LogP contribution in [0.1, 0.15) is 27.2 Å². The standard InChI is InChI=1S/C11H22N2O2/c1-5-13-10(8-12)9-15-7-6-11(2,3)14-4/h10,13H,5-7,9H2,1-4H3. The number of hydrogen-bond donors (Lipinski definition) is 1. The van der Waals surface area contributed by atoms with Crippen LogP contribution in [0.5, 0.6) is 0 Å². The average molecular weight is 214 g/mol. The predicted octanol–water partition coefficient (Wildman–Crippen LogP) is 1.32. The SMILES string of the molecule is CCNC(C#N)COCCC(C)(C)OC.